The van der Waals surface area contributed by atoms with E-state index in [0.717, 1.165) is 13.1 Å². The Kier molecular flexibility index (Phi) is 4.29. The fourth-order valence-electron chi connectivity index (χ4n) is 1.24. The van der Waals surface area contributed by atoms with Gasteiger partial charge in [0.05, 0.1) is 5.60 Å². The van der Waals surface area contributed by atoms with Gasteiger partial charge in [0.15, 0.2) is 0 Å². The van der Waals surface area contributed by atoms with Crippen molar-refractivity contribution in [3.8, 4) is 0 Å². The highest BCUT2D eigenvalue weighted by atomic mass is 16.5. The van der Waals surface area contributed by atoms with Gasteiger partial charge in [0.25, 0.3) is 0 Å². The SMILES string of the molecule is CC(C)=CCNC(=O)COC1(C)CNC1. The summed E-state index contributed by atoms with van der Waals surface area (Å²) in [6.45, 7) is 8.40. The van der Waals surface area contributed by atoms with Crippen LogP contribution >= 0.6 is 0 Å². The van der Waals surface area contributed by atoms with Crippen molar-refractivity contribution < 1.29 is 9.53 Å². The summed E-state index contributed by atoms with van der Waals surface area (Å²) in [7, 11) is 0. The van der Waals surface area contributed by atoms with Gasteiger partial charge in [0.2, 0.25) is 5.91 Å². The van der Waals surface area contributed by atoms with Crippen LogP contribution in [0.1, 0.15) is 20.8 Å². The smallest absolute Gasteiger partial charge is 0.246 e. The summed E-state index contributed by atoms with van der Waals surface area (Å²) in [5.74, 6) is -0.0550. The third-order valence-corrected chi connectivity index (χ3v) is 2.36. The van der Waals surface area contributed by atoms with Crippen molar-refractivity contribution in [1.82, 2.24) is 10.6 Å². The molecule has 0 aromatic carbocycles. The maximum atomic E-state index is 11.3. The Balaban J connectivity index is 2.11. The zero-order chi connectivity index (χ0) is 11.3. The van der Waals surface area contributed by atoms with E-state index in [0.29, 0.717) is 6.54 Å². The Morgan fingerprint density at radius 2 is 2.20 bits per heavy atom. The Bertz CT molecular complexity index is 253. The van der Waals surface area contributed by atoms with Gasteiger partial charge in [0, 0.05) is 19.6 Å². The molecular formula is C11H20N2O2. The maximum absolute atomic E-state index is 11.3. The fourth-order valence-corrected chi connectivity index (χ4v) is 1.24. The first-order valence-corrected chi connectivity index (χ1v) is 5.27. The van der Waals surface area contributed by atoms with E-state index in [-0.39, 0.29) is 18.1 Å². The molecule has 0 radical (unpaired) electrons. The number of hydrogen-bond acceptors (Lipinski definition) is 3. The van der Waals surface area contributed by atoms with E-state index in [1.165, 1.54) is 5.57 Å². The minimum atomic E-state index is -0.145. The zero-order valence-corrected chi connectivity index (χ0v) is 9.72. The van der Waals surface area contributed by atoms with Crippen LogP contribution in [0.25, 0.3) is 0 Å². The third kappa shape index (κ3) is 4.44. The van der Waals surface area contributed by atoms with Gasteiger partial charge in [-0.2, -0.15) is 0 Å². The van der Waals surface area contributed by atoms with Gasteiger partial charge in [0.1, 0.15) is 6.61 Å². The summed E-state index contributed by atoms with van der Waals surface area (Å²) in [6, 6.07) is 0. The highest BCUT2D eigenvalue weighted by Gasteiger charge is 2.32. The number of carbonyl (C=O) groups is 1. The molecule has 86 valence electrons. The van der Waals surface area contributed by atoms with E-state index in [4.69, 9.17) is 4.74 Å². The van der Waals surface area contributed by atoms with Crippen LogP contribution in [-0.2, 0) is 9.53 Å². The molecule has 1 rings (SSSR count). The number of rotatable bonds is 5. The highest BCUT2D eigenvalue weighted by Crippen LogP contribution is 2.14. The van der Waals surface area contributed by atoms with Crippen molar-refractivity contribution in [3.63, 3.8) is 0 Å². The first-order valence-electron chi connectivity index (χ1n) is 5.27. The molecule has 2 N–H and O–H groups in total. The number of carbonyl (C=O) groups excluding carboxylic acids is 1. The van der Waals surface area contributed by atoms with Crippen molar-refractivity contribution in [2.75, 3.05) is 26.2 Å². The van der Waals surface area contributed by atoms with Crippen LogP contribution in [0, 0.1) is 0 Å². The molecule has 1 aliphatic heterocycles. The minimum Gasteiger partial charge on any atom is -0.363 e. The van der Waals surface area contributed by atoms with Crippen molar-refractivity contribution in [1.29, 1.82) is 0 Å². The van der Waals surface area contributed by atoms with Gasteiger partial charge in [-0.1, -0.05) is 11.6 Å². The van der Waals surface area contributed by atoms with Crippen LogP contribution in [0.15, 0.2) is 11.6 Å². The van der Waals surface area contributed by atoms with Crippen molar-refractivity contribution >= 4 is 5.91 Å². The summed E-state index contributed by atoms with van der Waals surface area (Å²) in [5.41, 5.74) is 1.06. The third-order valence-electron chi connectivity index (χ3n) is 2.36. The van der Waals surface area contributed by atoms with Crippen LogP contribution in [0.2, 0.25) is 0 Å². The van der Waals surface area contributed by atoms with Crippen LogP contribution in [0.3, 0.4) is 0 Å². The molecule has 1 amide bonds. The van der Waals surface area contributed by atoms with Gasteiger partial charge < -0.3 is 15.4 Å². The van der Waals surface area contributed by atoms with Crippen molar-refractivity contribution in [2.24, 2.45) is 0 Å². The van der Waals surface area contributed by atoms with Crippen LogP contribution in [-0.4, -0.2) is 37.7 Å². The molecule has 0 aliphatic carbocycles. The normalized spacial score (nSPS) is 17.8. The Morgan fingerprint density at radius 1 is 1.53 bits per heavy atom. The summed E-state index contributed by atoms with van der Waals surface area (Å²) in [4.78, 5) is 11.3. The number of hydrogen-bond donors (Lipinski definition) is 2. The van der Waals surface area contributed by atoms with Crippen LogP contribution in [0.5, 0.6) is 0 Å². The standard InChI is InChI=1S/C11H20N2O2/c1-9(2)4-5-13-10(14)6-15-11(3)7-12-8-11/h4,12H,5-8H2,1-3H3,(H,13,14). The Hall–Kier alpha value is -0.870. The monoisotopic (exact) mass is 212 g/mol. The number of nitrogens with one attached hydrogen (secondary N) is 2. The summed E-state index contributed by atoms with van der Waals surface area (Å²) in [6.07, 6.45) is 1.98. The molecule has 1 saturated heterocycles. The maximum Gasteiger partial charge on any atom is 0.246 e. The van der Waals surface area contributed by atoms with Crippen molar-refractivity contribution in [3.05, 3.63) is 11.6 Å². The Labute approximate surface area is 91.1 Å². The lowest BCUT2D eigenvalue weighted by molar-refractivity contribution is -0.135. The molecule has 0 saturated carbocycles. The second-order valence-electron chi connectivity index (χ2n) is 4.43. The fraction of sp³-hybridized carbons (Fsp3) is 0.727. The molecule has 15 heavy (non-hydrogen) atoms. The molecule has 0 aromatic rings. The molecule has 4 heteroatoms. The van der Waals surface area contributed by atoms with Gasteiger partial charge in [-0.3, -0.25) is 4.79 Å². The summed E-state index contributed by atoms with van der Waals surface area (Å²) < 4.78 is 5.49. The van der Waals surface area contributed by atoms with E-state index in [9.17, 15) is 4.79 Å². The Morgan fingerprint density at radius 3 is 2.67 bits per heavy atom. The average Bonchev–Trinajstić information content (AvgIpc) is 2.11. The quantitative estimate of drug-likeness (QED) is 0.650. The van der Waals surface area contributed by atoms with E-state index < -0.39 is 0 Å². The first kappa shape index (κ1) is 12.2. The largest absolute Gasteiger partial charge is 0.363 e. The van der Waals surface area contributed by atoms with Crippen molar-refractivity contribution in [2.45, 2.75) is 26.4 Å². The minimum absolute atomic E-state index is 0.0550. The van der Waals surface area contributed by atoms with Crippen LogP contribution in [0.4, 0.5) is 0 Å². The second-order valence-corrected chi connectivity index (χ2v) is 4.43. The molecule has 4 nitrogen and oxygen atoms in total. The average molecular weight is 212 g/mol. The van der Waals surface area contributed by atoms with Gasteiger partial charge in [-0.05, 0) is 20.8 Å². The van der Waals surface area contributed by atoms with E-state index in [1.807, 2.05) is 26.8 Å². The molecule has 0 bridgehead atoms. The number of amides is 1. The highest BCUT2D eigenvalue weighted by molar-refractivity contribution is 5.77. The molecule has 0 unspecified atom stereocenters. The second kappa shape index (κ2) is 5.28. The van der Waals surface area contributed by atoms with Crippen LogP contribution < -0.4 is 10.6 Å². The summed E-state index contributed by atoms with van der Waals surface area (Å²) in [5, 5.41) is 5.89. The lowest BCUT2D eigenvalue weighted by atomic mass is 10.0. The number of allylic oxidation sites excluding steroid dienone is 1. The zero-order valence-electron chi connectivity index (χ0n) is 9.72. The lowest BCUT2D eigenvalue weighted by Gasteiger charge is -2.38. The molecule has 1 fully saturated rings. The predicted molar refractivity (Wildman–Crippen MR) is 59.7 cm³/mol. The lowest BCUT2D eigenvalue weighted by Crippen LogP contribution is -2.59. The molecule has 0 spiro atoms. The first-order chi connectivity index (χ1) is 7.02. The molecule has 0 atom stereocenters. The molecular weight excluding hydrogens is 192 g/mol. The molecule has 0 aromatic heterocycles. The predicted octanol–water partition coefficient (Wildman–Crippen LogP) is 0.447. The van der Waals surface area contributed by atoms with E-state index >= 15 is 0 Å². The van der Waals surface area contributed by atoms with E-state index in [1.54, 1.807) is 0 Å². The van der Waals surface area contributed by atoms with Gasteiger partial charge >= 0.3 is 0 Å². The van der Waals surface area contributed by atoms with E-state index in [2.05, 4.69) is 10.6 Å². The molecule has 1 aliphatic rings. The summed E-state index contributed by atoms with van der Waals surface area (Å²) >= 11 is 0. The topological polar surface area (TPSA) is 50.4 Å². The van der Waals surface area contributed by atoms with Gasteiger partial charge in [-0.15, -0.1) is 0 Å². The van der Waals surface area contributed by atoms with Gasteiger partial charge in [-0.25, -0.2) is 0 Å². The molecule has 1 heterocycles. The number of ether oxygens (including phenoxy) is 1.